The van der Waals surface area contributed by atoms with Crippen molar-refractivity contribution in [3.05, 3.63) is 10.4 Å². The van der Waals surface area contributed by atoms with Crippen molar-refractivity contribution in [1.82, 2.24) is 0 Å². The summed E-state index contributed by atoms with van der Waals surface area (Å²) in [5.41, 5.74) is 8.07. The highest BCUT2D eigenvalue weighted by atomic mass is 16.1. The first-order valence-corrected chi connectivity index (χ1v) is 6.83. The molecule has 0 amide bonds. The normalized spacial score (nSPS) is 9.94. The van der Waals surface area contributed by atoms with E-state index in [4.69, 9.17) is 5.53 Å². The maximum absolute atomic E-state index is 11.5. The van der Waals surface area contributed by atoms with E-state index < -0.39 is 0 Å². The topological polar surface area (TPSA) is 65.8 Å². The van der Waals surface area contributed by atoms with E-state index in [9.17, 15) is 4.79 Å². The first-order valence-electron chi connectivity index (χ1n) is 6.83. The molecule has 0 heterocycles. The summed E-state index contributed by atoms with van der Waals surface area (Å²) in [6, 6.07) is 0. The van der Waals surface area contributed by atoms with Crippen LogP contribution in [0.3, 0.4) is 0 Å². The van der Waals surface area contributed by atoms with Crippen LogP contribution in [0.4, 0.5) is 0 Å². The van der Waals surface area contributed by atoms with Gasteiger partial charge >= 0.3 is 0 Å². The van der Waals surface area contributed by atoms with Crippen molar-refractivity contribution < 1.29 is 4.79 Å². The molecule has 0 rings (SSSR count). The molecule has 0 aliphatic heterocycles. The van der Waals surface area contributed by atoms with Crippen molar-refractivity contribution in [1.29, 1.82) is 0 Å². The van der Waals surface area contributed by atoms with Gasteiger partial charge in [-0.1, -0.05) is 44.1 Å². The summed E-state index contributed by atoms with van der Waals surface area (Å²) in [7, 11) is 0. The van der Waals surface area contributed by atoms with Crippen LogP contribution in [0.2, 0.25) is 0 Å². The Kier molecular flexibility index (Phi) is 12.3. The van der Waals surface area contributed by atoms with Gasteiger partial charge in [0.25, 0.3) is 0 Å². The van der Waals surface area contributed by atoms with Crippen LogP contribution in [0.1, 0.15) is 71.1 Å². The molecule has 17 heavy (non-hydrogen) atoms. The van der Waals surface area contributed by atoms with Crippen molar-refractivity contribution in [2.24, 2.45) is 5.11 Å². The SMILES string of the molecule is CCCCCCCCC(=O)CCCCN=[N+]=[N-]. The molecule has 0 bridgehead atoms. The molecular formula is C13H25N3O. The second-order valence-corrected chi connectivity index (χ2v) is 4.47. The molecule has 98 valence electrons. The highest BCUT2D eigenvalue weighted by Gasteiger charge is 2.01. The zero-order chi connectivity index (χ0) is 12.8. The first-order chi connectivity index (χ1) is 8.31. The number of ketones is 1. The van der Waals surface area contributed by atoms with E-state index in [1.165, 1.54) is 32.1 Å². The minimum absolute atomic E-state index is 0.362. The molecule has 0 aromatic rings. The number of azide groups is 1. The Morgan fingerprint density at radius 2 is 1.59 bits per heavy atom. The van der Waals surface area contributed by atoms with E-state index in [2.05, 4.69) is 16.9 Å². The van der Waals surface area contributed by atoms with Crippen molar-refractivity contribution in [3.63, 3.8) is 0 Å². The van der Waals surface area contributed by atoms with E-state index in [1.807, 2.05) is 0 Å². The van der Waals surface area contributed by atoms with Crippen molar-refractivity contribution in [3.8, 4) is 0 Å². The lowest BCUT2D eigenvalue weighted by Crippen LogP contribution is -1.98. The van der Waals surface area contributed by atoms with Gasteiger partial charge in [-0.3, -0.25) is 4.79 Å². The van der Waals surface area contributed by atoms with Gasteiger partial charge in [-0.25, -0.2) is 0 Å². The lowest BCUT2D eigenvalue weighted by Gasteiger charge is -2.01. The average molecular weight is 239 g/mol. The van der Waals surface area contributed by atoms with Crippen LogP contribution in [0, 0.1) is 0 Å². The third kappa shape index (κ3) is 12.9. The smallest absolute Gasteiger partial charge is 0.132 e. The van der Waals surface area contributed by atoms with Gasteiger partial charge in [-0.05, 0) is 24.8 Å². The van der Waals surface area contributed by atoms with Crippen LogP contribution in [-0.4, -0.2) is 12.3 Å². The Bertz CT molecular complexity index is 235. The molecule has 0 aromatic carbocycles. The van der Waals surface area contributed by atoms with Crippen molar-refractivity contribution in [2.75, 3.05) is 6.54 Å². The summed E-state index contributed by atoms with van der Waals surface area (Å²) >= 11 is 0. The van der Waals surface area contributed by atoms with Crippen LogP contribution >= 0.6 is 0 Å². The summed E-state index contributed by atoms with van der Waals surface area (Å²) < 4.78 is 0. The summed E-state index contributed by atoms with van der Waals surface area (Å²) in [5, 5.41) is 3.44. The Morgan fingerprint density at radius 1 is 1.00 bits per heavy atom. The van der Waals surface area contributed by atoms with E-state index in [0.717, 1.165) is 25.7 Å². The summed E-state index contributed by atoms with van der Waals surface area (Å²) in [5.74, 6) is 0.362. The van der Waals surface area contributed by atoms with Gasteiger partial charge in [0, 0.05) is 24.3 Å². The van der Waals surface area contributed by atoms with Gasteiger partial charge in [0.15, 0.2) is 0 Å². The van der Waals surface area contributed by atoms with Gasteiger partial charge in [-0.2, -0.15) is 0 Å². The molecule has 0 saturated carbocycles. The van der Waals surface area contributed by atoms with Crippen LogP contribution in [0.15, 0.2) is 5.11 Å². The Balaban J connectivity index is 3.20. The maximum atomic E-state index is 11.5. The fourth-order valence-corrected chi connectivity index (χ4v) is 1.78. The van der Waals surface area contributed by atoms with Gasteiger partial charge in [0.1, 0.15) is 5.78 Å². The van der Waals surface area contributed by atoms with Crippen LogP contribution in [0.25, 0.3) is 10.4 Å². The van der Waals surface area contributed by atoms with Gasteiger partial charge in [0.05, 0.1) is 0 Å². The zero-order valence-corrected chi connectivity index (χ0v) is 11.0. The molecular weight excluding hydrogens is 214 g/mol. The fraction of sp³-hybridized carbons (Fsp3) is 0.923. The number of hydrogen-bond donors (Lipinski definition) is 0. The highest BCUT2D eigenvalue weighted by molar-refractivity contribution is 5.78. The molecule has 0 saturated heterocycles. The number of Topliss-reactive ketones (excluding diaryl/α,β-unsaturated/α-hetero) is 1. The molecule has 0 atom stereocenters. The van der Waals surface area contributed by atoms with Crippen LogP contribution in [-0.2, 0) is 4.79 Å². The lowest BCUT2D eigenvalue weighted by molar-refractivity contribution is -0.119. The fourth-order valence-electron chi connectivity index (χ4n) is 1.78. The predicted molar refractivity (Wildman–Crippen MR) is 70.9 cm³/mol. The van der Waals surface area contributed by atoms with E-state index in [0.29, 0.717) is 18.7 Å². The molecule has 0 spiro atoms. The average Bonchev–Trinajstić information content (AvgIpc) is 2.33. The molecule has 4 nitrogen and oxygen atoms in total. The molecule has 4 heteroatoms. The minimum Gasteiger partial charge on any atom is -0.300 e. The lowest BCUT2D eigenvalue weighted by atomic mass is 10.0. The predicted octanol–water partition coefficient (Wildman–Crippen LogP) is 4.79. The first kappa shape index (κ1) is 16.0. The molecule has 0 aromatic heterocycles. The van der Waals surface area contributed by atoms with E-state index in [1.54, 1.807) is 0 Å². The second-order valence-electron chi connectivity index (χ2n) is 4.47. The van der Waals surface area contributed by atoms with Gasteiger partial charge < -0.3 is 0 Å². The van der Waals surface area contributed by atoms with E-state index in [-0.39, 0.29) is 0 Å². The van der Waals surface area contributed by atoms with Gasteiger partial charge in [-0.15, -0.1) is 0 Å². The monoisotopic (exact) mass is 239 g/mol. The minimum atomic E-state index is 0.362. The molecule has 0 aliphatic rings. The molecule has 0 N–H and O–H groups in total. The summed E-state index contributed by atoms with van der Waals surface area (Å²) in [6.07, 6.45) is 10.4. The number of rotatable bonds is 12. The number of hydrogen-bond acceptors (Lipinski definition) is 2. The quantitative estimate of drug-likeness (QED) is 0.209. The summed E-state index contributed by atoms with van der Waals surface area (Å²) in [4.78, 5) is 14.1. The van der Waals surface area contributed by atoms with Crippen molar-refractivity contribution >= 4 is 5.78 Å². The standard InChI is InChI=1S/C13H25N3O/c1-2-3-4-5-6-7-10-13(17)11-8-9-12-15-16-14/h2-12H2,1H3. The Labute approximate surface area is 104 Å². The number of unbranched alkanes of at least 4 members (excludes halogenated alkanes) is 6. The molecule has 0 unspecified atom stereocenters. The molecule has 0 aliphatic carbocycles. The molecule has 0 radical (unpaired) electrons. The second kappa shape index (κ2) is 13.0. The van der Waals surface area contributed by atoms with E-state index >= 15 is 0 Å². The highest BCUT2D eigenvalue weighted by Crippen LogP contribution is 2.09. The van der Waals surface area contributed by atoms with Crippen LogP contribution in [0.5, 0.6) is 0 Å². The number of carbonyl (C=O) groups excluding carboxylic acids is 1. The Hall–Kier alpha value is -1.02. The third-order valence-corrected chi connectivity index (χ3v) is 2.84. The largest absolute Gasteiger partial charge is 0.300 e. The zero-order valence-electron chi connectivity index (χ0n) is 11.0. The molecule has 0 fully saturated rings. The van der Waals surface area contributed by atoms with Crippen molar-refractivity contribution in [2.45, 2.75) is 71.1 Å². The maximum Gasteiger partial charge on any atom is 0.132 e. The summed E-state index contributed by atoms with van der Waals surface area (Å²) in [6.45, 7) is 2.72. The Morgan fingerprint density at radius 3 is 2.24 bits per heavy atom. The third-order valence-electron chi connectivity index (χ3n) is 2.84. The number of carbonyl (C=O) groups is 1. The van der Waals surface area contributed by atoms with Crippen LogP contribution < -0.4 is 0 Å². The number of nitrogens with zero attached hydrogens (tertiary/aromatic N) is 3. The van der Waals surface area contributed by atoms with Gasteiger partial charge in [0.2, 0.25) is 0 Å².